The number of amides is 1. The number of carbonyl (C=O) groups excluding carboxylic acids is 1. The van der Waals surface area contributed by atoms with Gasteiger partial charge >= 0.3 is 0 Å². The van der Waals surface area contributed by atoms with Gasteiger partial charge in [0, 0.05) is 48.9 Å². The summed E-state index contributed by atoms with van der Waals surface area (Å²) in [5, 5.41) is 0.619. The van der Waals surface area contributed by atoms with E-state index in [4.69, 9.17) is 21.1 Å². The van der Waals surface area contributed by atoms with E-state index in [1.807, 2.05) is 47.4 Å². The first-order chi connectivity index (χ1) is 17.2. The fourth-order valence-electron chi connectivity index (χ4n) is 4.21. The van der Waals surface area contributed by atoms with Crippen LogP contribution < -0.4 is 4.74 Å². The molecule has 1 aliphatic heterocycles. The quantitative estimate of drug-likeness (QED) is 0.339. The van der Waals surface area contributed by atoms with Gasteiger partial charge in [-0.05, 0) is 48.7 Å². The monoisotopic (exact) mass is 492 g/mol. The third-order valence-electron chi connectivity index (χ3n) is 6.21. The van der Waals surface area contributed by atoms with E-state index in [1.54, 1.807) is 24.3 Å². The van der Waals surface area contributed by atoms with E-state index in [2.05, 4.69) is 17.0 Å². The summed E-state index contributed by atoms with van der Waals surface area (Å²) in [6.07, 6.45) is 1.73. The second-order valence-corrected chi connectivity index (χ2v) is 9.17. The maximum Gasteiger partial charge on any atom is 0.254 e. The van der Waals surface area contributed by atoms with E-state index >= 15 is 0 Å². The van der Waals surface area contributed by atoms with Gasteiger partial charge < -0.3 is 14.4 Å². The lowest BCUT2D eigenvalue weighted by molar-refractivity contribution is 0.0357. The van der Waals surface area contributed by atoms with Crippen molar-refractivity contribution in [2.24, 2.45) is 0 Å². The maximum absolute atomic E-state index is 13.5. The number of hydrogen-bond donors (Lipinski definition) is 0. The molecule has 0 atom stereocenters. The molecule has 1 fully saturated rings. The lowest BCUT2D eigenvalue weighted by atomic mass is 10.1. The number of morpholine rings is 1. The normalized spacial score (nSPS) is 14.0. The van der Waals surface area contributed by atoms with E-state index in [1.165, 1.54) is 5.56 Å². The van der Waals surface area contributed by atoms with Crippen LogP contribution in [-0.2, 0) is 17.7 Å². The topological polar surface area (TPSA) is 42.0 Å². The predicted octanol–water partition coefficient (Wildman–Crippen LogP) is 5.33. The summed E-state index contributed by atoms with van der Waals surface area (Å²) in [5.41, 5.74) is 2.84. The Kier molecular flexibility index (Phi) is 9.58. The highest BCUT2D eigenvalue weighted by Crippen LogP contribution is 2.22. The largest absolute Gasteiger partial charge is 0.493 e. The van der Waals surface area contributed by atoms with Crippen LogP contribution in [0.5, 0.6) is 5.75 Å². The fraction of sp³-hybridized carbons (Fsp3) is 0.345. The minimum absolute atomic E-state index is 0.0141. The predicted molar refractivity (Wildman–Crippen MR) is 140 cm³/mol. The van der Waals surface area contributed by atoms with Crippen molar-refractivity contribution in [2.75, 3.05) is 46.0 Å². The Morgan fingerprint density at radius 1 is 0.943 bits per heavy atom. The van der Waals surface area contributed by atoms with Gasteiger partial charge in [0.2, 0.25) is 0 Å². The second-order valence-electron chi connectivity index (χ2n) is 8.73. The van der Waals surface area contributed by atoms with Crippen LogP contribution in [-0.4, -0.2) is 61.7 Å². The minimum Gasteiger partial charge on any atom is -0.493 e. The smallest absolute Gasteiger partial charge is 0.254 e. The molecule has 0 radical (unpaired) electrons. The van der Waals surface area contributed by atoms with Crippen LogP contribution in [0.3, 0.4) is 0 Å². The average molecular weight is 493 g/mol. The van der Waals surface area contributed by atoms with Gasteiger partial charge in [-0.3, -0.25) is 9.69 Å². The Bertz CT molecular complexity index is 1050. The minimum atomic E-state index is -0.0141. The lowest BCUT2D eigenvalue weighted by Gasteiger charge is -2.26. The van der Waals surface area contributed by atoms with Crippen molar-refractivity contribution < 1.29 is 14.3 Å². The first kappa shape index (κ1) is 25.2. The molecule has 1 aliphatic rings. The highest BCUT2D eigenvalue weighted by Gasteiger charge is 2.18. The zero-order chi connectivity index (χ0) is 24.3. The molecule has 6 heteroatoms. The van der Waals surface area contributed by atoms with Crippen LogP contribution in [0.1, 0.15) is 27.9 Å². The molecule has 3 aromatic rings. The van der Waals surface area contributed by atoms with Crippen molar-refractivity contribution in [3.05, 3.63) is 101 Å². The van der Waals surface area contributed by atoms with Crippen molar-refractivity contribution >= 4 is 17.5 Å². The second kappa shape index (κ2) is 13.3. The highest BCUT2D eigenvalue weighted by molar-refractivity contribution is 6.30. The van der Waals surface area contributed by atoms with Crippen molar-refractivity contribution in [2.45, 2.75) is 19.4 Å². The van der Waals surface area contributed by atoms with Crippen LogP contribution in [0.4, 0.5) is 0 Å². The molecule has 0 unspecified atom stereocenters. The van der Waals surface area contributed by atoms with Crippen LogP contribution >= 0.6 is 11.6 Å². The molecule has 184 valence electrons. The van der Waals surface area contributed by atoms with Gasteiger partial charge in [0.25, 0.3) is 5.91 Å². The maximum atomic E-state index is 13.5. The molecular formula is C29H33ClN2O3. The summed E-state index contributed by atoms with van der Waals surface area (Å²) in [4.78, 5) is 17.8. The van der Waals surface area contributed by atoms with E-state index in [0.29, 0.717) is 30.3 Å². The van der Waals surface area contributed by atoms with E-state index in [0.717, 1.165) is 57.0 Å². The number of hydrogen-bond acceptors (Lipinski definition) is 4. The average Bonchev–Trinajstić information content (AvgIpc) is 2.91. The Morgan fingerprint density at radius 3 is 2.43 bits per heavy atom. The van der Waals surface area contributed by atoms with Gasteiger partial charge in [0.1, 0.15) is 5.75 Å². The number of carbonyl (C=O) groups is 1. The van der Waals surface area contributed by atoms with E-state index in [-0.39, 0.29) is 5.91 Å². The van der Waals surface area contributed by atoms with Gasteiger partial charge in [0.05, 0.1) is 19.8 Å². The summed E-state index contributed by atoms with van der Waals surface area (Å²) in [7, 11) is 0. The van der Waals surface area contributed by atoms with Gasteiger partial charge in [-0.1, -0.05) is 60.1 Å². The number of para-hydroxylation sites is 1. The third kappa shape index (κ3) is 7.82. The Balaban J connectivity index is 1.42. The summed E-state index contributed by atoms with van der Waals surface area (Å²) < 4.78 is 11.6. The molecular weight excluding hydrogens is 460 g/mol. The first-order valence-corrected chi connectivity index (χ1v) is 12.7. The Morgan fingerprint density at radius 2 is 1.66 bits per heavy atom. The molecule has 0 spiro atoms. The number of nitrogens with zero attached hydrogens (tertiary/aromatic N) is 2. The van der Waals surface area contributed by atoms with Crippen LogP contribution in [0.25, 0.3) is 0 Å². The SMILES string of the molecule is O=C(c1ccc(Cl)cc1)N(CCc1ccccc1)Cc1ccccc1OCCCN1CCOCC1. The molecule has 3 aromatic carbocycles. The molecule has 1 heterocycles. The molecule has 0 aromatic heterocycles. The highest BCUT2D eigenvalue weighted by atomic mass is 35.5. The molecule has 5 nitrogen and oxygen atoms in total. The number of ether oxygens (including phenoxy) is 2. The summed E-state index contributed by atoms with van der Waals surface area (Å²) in [5.74, 6) is 0.822. The molecule has 0 bridgehead atoms. The molecule has 0 saturated carbocycles. The van der Waals surface area contributed by atoms with Crippen LogP contribution in [0, 0.1) is 0 Å². The van der Waals surface area contributed by atoms with Gasteiger partial charge in [-0.15, -0.1) is 0 Å². The number of halogens is 1. The Labute approximate surface area is 213 Å². The standard InChI is InChI=1S/C29H33ClN2O3/c30-27-13-11-25(12-14-27)29(33)32(17-15-24-7-2-1-3-8-24)23-26-9-4-5-10-28(26)35-20-6-16-31-18-21-34-22-19-31/h1-5,7-14H,6,15-23H2. The zero-order valence-electron chi connectivity index (χ0n) is 20.1. The lowest BCUT2D eigenvalue weighted by Crippen LogP contribution is -2.37. The Hall–Kier alpha value is -2.86. The summed E-state index contributed by atoms with van der Waals surface area (Å²) in [6, 6.07) is 25.4. The van der Waals surface area contributed by atoms with Crippen LogP contribution in [0.15, 0.2) is 78.9 Å². The molecule has 1 amide bonds. The number of rotatable bonds is 11. The van der Waals surface area contributed by atoms with Gasteiger partial charge in [0.15, 0.2) is 0 Å². The van der Waals surface area contributed by atoms with Crippen molar-refractivity contribution in [1.82, 2.24) is 9.80 Å². The zero-order valence-corrected chi connectivity index (χ0v) is 20.8. The fourth-order valence-corrected chi connectivity index (χ4v) is 4.34. The van der Waals surface area contributed by atoms with Gasteiger partial charge in [-0.2, -0.15) is 0 Å². The summed E-state index contributed by atoms with van der Waals surface area (Å²) >= 11 is 6.05. The third-order valence-corrected chi connectivity index (χ3v) is 6.46. The van der Waals surface area contributed by atoms with Crippen molar-refractivity contribution in [1.29, 1.82) is 0 Å². The summed E-state index contributed by atoms with van der Waals surface area (Å²) in [6.45, 7) is 6.33. The van der Waals surface area contributed by atoms with Crippen molar-refractivity contribution in [3.63, 3.8) is 0 Å². The van der Waals surface area contributed by atoms with Gasteiger partial charge in [-0.25, -0.2) is 0 Å². The molecule has 4 rings (SSSR count). The van der Waals surface area contributed by atoms with E-state index < -0.39 is 0 Å². The first-order valence-electron chi connectivity index (χ1n) is 12.3. The molecule has 0 aliphatic carbocycles. The molecule has 1 saturated heterocycles. The van der Waals surface area contributed by atoms with Crippen molar-refractivity contribution in [3.8, 4) is 5.75 Å². The van der Waals surface area contributed by atoms with E-state index in [9.17, 15) is 4.79 Å². The molecule has 0 N–H and O–H groups in total. The van der Waals surface area contributed by atoms with Crippen LogP contribution in [0.2, 0.25) is 5.02 Å². The number of benzene rings is 3. The molecule has 35 heavy (non-hydrogen) atoms.